The van der Waals surface area contributed by atoms with Crippen LogP contribution in [0.1, 0.15) is 25.8 Å². The number of aliphatic hydroxyl groups is 1. The molecule has 0 saturated heterocycles. The highest BCUT2D eigenvalue weighted by molar-refractivity contribution is 5.95. The highest BCUT2D eigenvalue weighted by Gasteiger charge is 2.32. The van der Waals surface area contributed by atoms with E-state index in [-0.39, 0.29) is 6.42 Å². The number of aromatic nitrogens is 1. The quantitative estimate of drug-likeness (QED) is 0.153. The number of aromatic amines is 1. The summed E-state index contributed by atoms with van der Waals surface area (Å²) in [6.07, 6.45) is 1.27. The maximum Gasteiger partial charge on any atom is 0.326 e. The van der Waals surface area contributed by atoms with E-state index < -0.39 is 72.7 Å². The number of hydrogen-bond acceptors (Lipinski definition) is 7. The summed E-state index contributed by atoms with van der Waals surface area (Å²) in [4.78, 5) is 63.5. The Morgan fingerprint density at radius 2 is 1.61 bits per heavy atom. The number of para-hydroxylation sites is 1. The lowest BCUT2D eigenvalue weighted by Crippen LogP contribution is -2.59. The van der Waals surface area contributed by atoms with E-state index >= 15 is 0 Å². The fraction of sp³-hybridized carbons (Fsp3) is 0.435. The van der Waals surface area contributed by atoms with Gasteiger partial charge in [0.05, 0.1) is 19.1 Å². The van der Waals surface area contributed by atoms with E-state index in [9.17, 15) is 34.2 Å². The fourth-order valence-corrected chi connectivity index (χ4v) is 3.55. The van der Waals surface area contributed by atoms with Gasteiger partial charge in [0.25, 0.3) is 0 Å². The van der Waals surface area contributed by atoms with Gasteiger partial charge in [-0.15, -0.1) is 0 Å². The molecule has 2 aromatic rings. The molecular weight excluding hydrogens is 472 g/mol. The van der Waals surface area contributed by atoms with Crippen molar-refractivity contribution in [3.63, 3.8) is 0 Å². The third kappa shape index (κ3) is 7.52. The number of H-pyrrole nitrogens is 1. The van der Waals surface area contributed by atoms with Gasteiger partial charge < -0.3 is 42.6 Å². The summed E-state index contributed by atoms with van der Waals surface area (Å²) in [5.41, 5.74) is 12.7. The van der Waals surface area contributed by atoms with Crippen molar-refractivity contribution in [1.82, 2.24) is 20.9 Å². The first kappa shape index (κ1) is 28.3. The summed E-state index contributed by atoms with van der Waals surface area (Å²) in [5.74, 6) is -5.34. The van der Waals surface area contributed by atoms with Crippen LogP contribution in [0, 0.1) is 5.92 Å². The Morgan fingerprint density at radius 1 is 0.972 bits per heavy atom. The van der Waals surface area contributed by atoms with Crippen LogP contribution in [0.3, 0.4) is 0 Å². The lowest BCUT2D eigenvalue weighted by Gasteiger charge is -2.26. The van der Waals surface area contributed by atoms with Crippen molar-refractivity contribution < 1.29 is 34.2 Å². The van der Waals surface area contributed by atoms with Crippen molar-refractivity contribution in [2.75, 3.05) is 6.61 Å². The highest BCUT2D eigenvalue weighted by atomic mass is 16.4. The van der Waals surface area contributed by atoms with Gasteiger partial charge in [0, 0.05) is 17.1 Å². The molecule has 1 aromatic carbocycles. The average Bonchev–Trinajstić information content (AvgIpc) is 3.22. The van der Waals surface area contributed by atoms with Gasteiger partial charge in [-0.25, -0.2) is 4.79 Å². The van der Waals surface area contributed by atoms with E-state index in [1.807, 2.05) is 24.3 Å². The van der Waals surface area contributed by atoms with Crippen molar-refractivity contribution in [1.29, 1.82) is 0 Å². The van der Waals surface area contributed by atoms with Crippen LogP contribution < -0.4 is 27.4 Å². The molecule has 0 fully saturated rings. The number of carbonyl (C=O) groups excluding carboxylic acids is 4. The molecular formula is C23H32N6O7. The summed E-state index contributed by atoms with van der Waals surface area (Å²) in [6.45, 7) is 2.42. The second-order valence-electron chi connectivity index (χ2n) is 8.71. The SMILES string of the molecule is CC(C)C(NC(=O)C(CO)NC(=O)C(N)Cc1c[nH]c2ccccc12)C(=O)NC(CC(N)=O)C(=O)O. The number of nitrogens with one attached hydrogen (secondary N) is 4. The topological polar surface area (TPSA) is 230 Å². The van der Waals surface area contributed by atoms with Gasteiger partial charge in [-0.2, -0.15) is 0 Å². The molecule has 13 heteroatoms. The number of carbonyl (C=O) groups is 5. The van der Waals surface area contributed by atoms with Crippen LogP contribution in [0.4, 0.5) is 0 Å². The smallest absolute Gasteiger partial charge is 0.326 e. The molecule has 0 bridgehead atoms. The number of fused-ring (bicyclic) bond motifs is 1. The van der Waals surface area contributed by atoms with Crippen molar-refractivity contribution >= 4 is 40.5 Å². The van der Waals surface area contributed by atoms with Crippen molar-refractivity contribution in [3.05, 3.63) is 36.0 Å². The van der Waals surface area contributed by atoms with Crippen LogP contribution >= 0.6 is 0 Å². The number of nitrogens with two attached hydrogens (primary N) is 2. The molecule has 4 atom stereocenters. The molecule has 0 aliphatic rings. The zero-order valence-electron chi connectivity index (χ0n) is 20.0. The lowest BCUT2D eigenvalue weighted by molar-refractivity contribution is -0.144. The second kappa shape index (κ2) is 12.7. The predicted molar refractivity (Wildman–Crippen MR) is 129 cm³/mol. The van der Waals surface area contributed by atoms with E-state index in [4.69, 9.17) is 11.5 Å². The number of carboxylic acid groups (broad SMARTS) is 1. The van der Waals surface area contributed by atoms with Gasteiger partial charge >= 0.3 is 5.97 Å². The molecule has 10 N–H and O–H groups in total. The number of rotatable bonds is 13. The van der Waals surface area contributed by atoms with E-state index in [2.05, 4.69) is 20.9 Å². The average molecular weight is 505 g/mol. The van der Waals surface area contributed by atoms with Crippen molar-refractivity contribution in [2.24, 2.45) is 17.4 Å². The number of aliphatic carboxylic acids is 1. The van der Waals surface area contributed by atoms with Crippen LogP contribution in [0.15, 0.2) is 30.5 Å². The van der Waals surface area contributed by atoms with E-state index in [1.165, 1.54) is 0 Å². The third-order valence-corrected chi connectivity index (χ3v) is 5.53. The normalized spacial score (nSPS) is 14.5. The fourth-order valence-electron chi connectivity index (χ4n) is 3.55. The largest absolute Gasteiger partial charge is 0.480 e. The number of benzene rings is 1. The van der Waals surface area contributed by atoms with E-state index in [1.54, 1.807) is 20.0 Å². The van der Waals surface area contributed by atoms with Crippen LogP contribution in [0.25, 0.3) is 10.9 Å². The van der Waals surface area contributed by atoms with Gasteiger partial charge in [0.1, 0.15) is 18.1 Å². The van der Waals surface area contributed by atoms with E-state index in [0.29, 0.717) is 0 Å². The number of primary amides is 1. The molecule has 4 amide bonds. The number of aliphatic hydroxyl groups excluding tert-OH is 1. The first-order chi connectivity index (χ1) is 16.9. The standard InChI is InChI=1S/C23H32N6O7/c1-11(2)19(22(34)27-16(23(35)36)8-18(25)31)29-21(33)17(10-30)28-20(32)14(24)7-12-9-26-15-6-4-3-5-13(12)15/h3-6,9,11,14,16-17,19,26,30H,7-8,10,24H2,1-2H3,(H2,25,31)(H,27,34)(H,28,32)(H,29,33)(H,35,36). The van der Waals surface area contributed by atoms with Gasteiger partial charge in [-0.05, 0) is 24.0 Å². The van der Waals surface area contributed by atoms with Crippen molar-refractivity contribution in [3.8, 4) is 0 Å². The summed E-state index contributed by atoms with van der Waals surface area (Å²) in [7, 11) is 0. The predicted octanol–water partition coefficient (Wildman–Crippen LogP) is -1.90. The maximum absolute atomic E-state index is 12.7. The van der Waals surface area contributed by atoms with Crippen molar-refractivity contribution in [2.45, 2.75) is 50.9 Å². The Hall–Kier alpha value is -3.97. The minimum absolute atomic E-state index is 0.170. The Bertz CT molecular complexity index is 1120. The summed E-state index contributed by atoms with van der Waals surface area (Å²) >= 11 is 0. The minimum Gasteiger partial charge on any atom is -0.480 e. The molecule has 1 aromatic heterocycles. The minimum atomic E-state index is -1.58. The number of hydrogen-bond donors (Lipinski definition) is 8. The molecule has 0 radical (unpaired) electrons. The summed E-state index contributed by atoms with van der Waals surface area (Å²) in [6, 6.07) is 2.23. The van der Waals surface area contributed by atoms with Crippen LogP contribution in [0.5, 0.6) is 0 Å². The van der Waals surface area contributed by atoms with Gasteiger partial charge in [-0.1, -0.05) is 32.0 Å². The first-order valence-corrected chi connectivity index (χ1v) is 11.3. The molecule has 2 rings (SSSR count). The Morgan fingerprint density at radius 3 is 2.19 bits per heavy atom. The van der Waals surface area contributed by atoms with Crippen LogP contribution in [-0.2, 0) is 30.4 Å². The summed E-state index contributed by atoms with van der Waals surface area (Å²) in [5, 5.41) is 26.7. The molecule has 13 nitrogen and oxygen atoms in total. The maximum atomic E-state index is 12.7. The Kier molecular flexibility index (Phi) is 9.93. The van der Waals surface area contributed by atoms with Gasteiger partial charge in [0.2, 0.25) is 23.6 Å². The molecule has 0 saturated carbocycles. The molecule has 196 valence electrons. The molecule has 1 heterocycles. The zero-order chi connectivity index (χ0) is 27.0. The molecule has 4 unspecified atom stereocenters. The van der Waals surface area contributed by atoms with Crippen LogP contribution in [-0.4, -0.2) is 75.6 Å². The second-order valence-corrected chi connectivity index (χ2v) is 8.71. The zero-order valence-corrected chi connectivity index (χ0v) is 20.0. The number of amides is 4. The molecule has 0 aliphatic heterocycles. The molecule has 0 aliphatic carbocycles. The third-order valence-electron chi connectivity index (χ3n) is 5.53. The number of carboxylic acids is 1. The molecule has 36 heavy (non-hydrogen) atoms. The molecule has 0 spiro atoms. The first-order valence-electron chi connectivity index (χ1n) is 11.3. The van der Waals surface area contributed by atoms with Gasteiger partial charge in [-0.3, -0.25) is 19.2 Å². The lowest BCUT2D eigenvalue weighted by atomic mass is 10.0. The Balaban J connectivity index is 2.03. The Labute approximate surface area is 207 Å². The monoisotopic (exact) mass is 504 g/mol. The summed E-state index contributed by atoms with van der Waals surface area (Å²) < 4.78 is 0. The van der Waals surface area contributed by atoms with Crippen LogP contribution in [0.2, 0.25) is 0 Å². The highest BCUT2D eigenvalue weighted by Crippen LogP contribution is 2.18. The van der Waals surface area contributed by atoms with Gasteiger partial charge in [0.15, 0.2) is 0 Å². The van der Waals surface area contributed by atoms with E-state index in [0.717, 1.165) is 16.5 Å².